The third kappa shape index (κ3) is 6.86. The summed E-state index contributed by atoms with van der Waals surface area (Å²) in [5.74, 6) is 0.613. The lowest BCUT2D eigenvalue weighted by atomic mass is 10.1. The van der Waals surface area contributed by atoms with Crippen molar-refractivity contribution in [3.8, 4) is 11.5 Å². The number of ether oxygens (including phenoxy) is 2. The van der Waals surface area contributed by atoms with Crippen LogP contribution in [0.15, 0.2) is 60.7 Å². The molecule has 6 heteroatoms. The van der Waals surface area contributed by atoms with Crippen molar-refractivity contribution in [2.24, 2.45) is 0 Å². The molecule has 0 aliphatic carbocycles. The fraction of sp³-hybridized carbons (Fsp3) is 0.308. The van der Waals surface area contributed by atoms with Crippen LogP contribution < -0.4 is 14.8 Å². The quantitative estimate of drug-likeness (QED) is 0.317. The topological polar surface area (TPSA) is 30.5 Å². The number of hydrogen-bond acceptors (Lipinski definition) is 3. The van der Waals surface area contributed by atoms with Crippen LogP contribution in [-0.2, 0) is 19.6 Å². The van der Waals surface area contributed by atoms with Gasteiger partial charge in [-0.15, -0.1) is 0 Å². The fourth-order valence-electron chi connectivity index (χ4n) is 3.33. The lowest BCUT2D eigenvalue weighted by Gasteiger charge is -2.18. The van der Waals surface area contributed by atoms with Gasteiger partial charge in [-0.05, 0) is 56.0 Å². The van der Waals surface area contributed by atoms with E-state index < -0.39 is 5.82 Å². The standard InChI is InChI=1S/C26H28Cl2FNO2/c1-3-31-25-14-20(16-30-18(2)12-13-19-8-5-4-6-9-19)23(28)15-26(25)32-17-21-22(27)10-7-11-24(21)29/h4-11,14-15,18,30H,3,12-13,16-17H2,1-2H3. The zero-order valence-corrected chi connectivity index (χ0v) is 19.8. The minimum Gasteiger partial charge on any atom is -0.490 e. The van der Waals surface area contributed by atoms with E-state index in [1.54, 1.807) is 18.2 Å². The van der Waals surface area contributed by atoms with Gasteiger partial charge in [-0.25, -0.2) is 4.39 Å². The highest BCUT2D eigenvalue weighted by Crippen LogP contribution is 2.35. The summed E-state index contributed by atoms with van der Waals surface area (Å²) in [7, 11) is 0. The van der Waals surface area contributed by atoms with Crippen LogP contribution in [0.4, 0.5) is 4.39 Å². The normalized spacial score (nSPS) is 11.9. The lowest BCUT2D eigenvalue weighted by Crippen LogP contribution is -2.26. The first kappa shape index (κ1) is 24.4. The molecular weight excluding hydrogens is 448 g/mol. The molecule has 0 saturated carbocycles. The summed E-state index contributed by atoms with van der Waals surface area (Å²) in [6.07, 6.45) is 2.03. The Labute approximate surface area is 199 Å². The Kier molecular flexibility index (Phi) is 9.22. The Morgan fingerprint density at radius 1 is 0.938 bits per heavy atom. The molecule has 3 nitrogen and oxygen atoms in total. The lowest BCUT2D eigenvalue weighted by molar-refractivity contribution is 0.265. The fourth-order valence-corrected chi connectivity index (χ4v) is 3.77. The Balaban J connectivity index is 1.64. The molecule has 170 valence electrons. The minimum atomic E-state index is -0.410. The van der Waals surface area contributed by atoms with Crippen molar-refractivity contribution >= 4 is 23.2 Å². The summed E-state index contributed by atoms with van der Waals surface area (Å²) >= 11 is 12.6. The van der Waals surface area contributed by atoms with Crippen LogP contribution in [0.25, 0.3) is 0 Å². The molecule has 3 aromatic carbocycles. The van der Waals surface area contributed by atoms with Gasteiger partial charge in [0.1, 0.15) is 12.4 Å². The Morgan fingerprint density at radius 2 is 1.69 bits per heavy atom. The van der Waals surface area contributed by atoms with E-state index in [0.29, 0.717) is 46.3 Å². The Bertz CT molecular complexity index is 994. The molecule has 0 bridgehead atoms. The molecule has 0 heterocycles. The van der Waals surface area contributed by atoms with Crippen LogP contribution in [0.2, 0.25) is 10.0 Å². The van der Waals surface area contributed by atoms with Crippen LogP contribution >= 0.6 is 23.2 Å². The van der Waals surface area contributed by atoms with Gasteiger partial charge in [0, 0.05) is 29.2 Å². The predicted octanol–water partition coefficient (Wildman–Crippen LogP) is 7.22. The van der Waals surface area contributed by atoms with Crippen molar-refractivity contribution < 1.29 is 13.9 Å². The predicted molar refractivity (Wildman–Crippen MR) is 129 cm³/mol. The average molecular weight is 476 g/mol. The summed E-state index contributed by atoms with van der Waals surface area (Å²) < 4.78 is 25.7. The second-order valence-electron chi connectivity index (χ2n) is 7.62. The maximum atomic E-state index is 14.1. The van der Waals surface area contributed by atoms with E-state index in [-0.39, 0.29) is 6.61 Å². The SMILES string of the molecule is CCOc1cc(CNC(C)CCc2ccccc2)c(Cl)cc1OCc1c(F)cccc1Cl. The van der Waals surface area contributed by atoms with E-state index in [2.05, 4.69) is 36.5 Å². The van der Waals surface area contributed by atoms with Gasteiger partial charge >= 0.3 is 0 Å². The van der Waals surface area contributed by atoms with Gasteiger partial charge in [-0.3, -0.25) is 0 Å². The molecule has 32 heavy (non-hydrogen) atoms. The molecule has 0 aliphatic rings. The van der Waals surface area contributed by atoms with Gasteiger partial charge in [0.15, 0.2) is 11.5 Å². The van der Waals surface area contributed by atoms with Crippen LogP contribution in [0, 0.1) is 5.82 Å². The third-order valence-corrected chi connectivity index (χ3v) is 5.90. The molecule has 0 aromatic heterocycles. The first-order valence-corrected chi connectivity index (χ1v) is 11.5. The van der Waals surface area contributed by atoms with Gasteiger partial charge in [-0.1, -0.05) is 59.6 Å². The number of halogens is 3. The molecule has 3 aromatic rings. The van der Waals surface area contributed by atoms with E-state index in [4.69, 9.17) is 32.7 Å². The van der Waals surface area contributed by atoms with Crippen LogP contribution in [0.5, 0.6) is 11.5 Å². The van der Waals surface area contributed by atoms with Crippen molar-refractivity contribution in [1.82, 2.24) is 5.32 Å². The summed E-state index contributed by atoms with van der Waals surface area (Å²) in [6, 6.07) is 18.9. The molecule has 0 spiro atoms. The molecule has 1 unspecified atom stereocenters. The van der Waals surface area contributed by atoms with Crippen molar-refractivity contribution in [3.63, 3.8) is 0 Å². The summed E-state index contributed by atoms with van der Waals surface area (Å²) in [5.41, 5.74) is 2.54. The van der Waals surface area contributed by atoms with Crippen molar-refractivity contribution in [2.45, 2.75) is 45.9 Å². The van der Waals surface area contributed by atoms with Crippen molar-refractivity contribution in [3.05, 3.63) is 93.2 Å². The van der Waals surface area contributed by atoms with E-state index in [1.807, 2.05) is 19.1 Å². The minimum absolute atomic E-state index is 0.0178. The van der Waals surface area contributed by atoms with Crippen molar-refractivity contribution in [1.29, 1.82) is 0 Å². The number of hydrogen-bond donors (Lipinski definition) is 1. The molecular formula is C26H28Cl2FNO2. The van der Waals surface area contributed by atoms with Gasteiger partial charge in [0.25, 0.3) is 0 Å². The zero-order chi connectivity index (χ0) is 22.9. The smallest absolute Gasteiger partial charge is 0.163 e. The molecule has 0 saturated heterocycles. The number of benzene rings is 3. The van der Waals surface area contributed by atoms with E-state index in [9.17, 15) is 4.39 Å². The largest absolute Gasteiger partial charge is 0.490 e. The molecule has 3 rings (SSSR count). The summed E-state index contributed by atoms with van der Waals surface area (Å²) in [4.78, 5) is 0. The Hall–Kier alpha value is -2.27. The van der Waals surface area contributed by atoms with E-state index in [0.717, 1.165) is 18.4 Å². The first-order chi connectivity index (χ1) is 15.5. The van der Waals surface area contributed by atoms with E-state index >= 15 is 0 Å². The maximum Gasteiger partial charge on any atom is 0.163 e. The second-order valence-corrected chi connectivity index (χ2v) is 8.43. The summed E-state index contributed by atoms with van der Waals surface area (Å²) in [5, 5.41) is 4.40. The first-order valence-electron chi connectivity index (χ1n) is 10.8. The third-order valence-electron chi connectivity index (χ3n) is 5.20. The van der Waals surface area contributed by atoms with Gasteiger partial charge in [0.2, 0.25) is 0 Å². The van der Waals surface area contributed by atoms with E-state index in [1.165, 1.54) is 11.6 Å². The number of aryl methyl sites for hydroxylation is 1. The van der Waals surface area contributed by atoms with Crippen LogP contribution in [0.3, 0.4) is 0 Å². The molecule has 1 atom stereocenters. The monoisotopic (exact) mass is 475 g/mol. The van der Waals surface area contributed by atoms with Crippen LogP contribution in [0.1, 0.15) is 37.0 Å². The molecule has 0 radical (unpaired) electrons. The Morgan fingerprint density at radius 3 is 2.41 bits per heavy atom. The summed E-state index contributed by atoms with van der Waals surface area (Å²) in [6.45, 7) is 5.12. The maximum absolute atomic E-state index is 14.1. The van der Waals surface area contributed by atoms with Gasteiger partial charge in [-0.2, -0.15) is 0 Å². The molecule has 0 amide bonds. The second kappa shape index (κ2) is 12.1. The highest BCUT2D eigenvalue weighted by molar-refractivity contribution is 6.31. The molecule has 1 N–H and O–H groups in total. The average Bonchev–Trinajstić information content (AvgIpc) is 2.78. The molecule has 0 aliphatic heterocycles. The number of nitrogens with one attached hydrogen (secondary N) is 1. The highest BCUT2D eigenvalue weighted by Gasteiger charge is 2.14. The van der Waals surface area contributed by atoms with Crippen LogP contribution in [-0.4, -0.2) is 12.6 Å². The van der Waals surface area contributed by atoms with Crippen molar-refractivity contribution in [2.75, 3.05) is 6.61 Å². The highest BCUT2D eigenvalue weighted by atomic mass is 35.5. The molecule has 0 fully saturated rings. The van der Waals surface area contributed by atoms with Gasteiger partial charge < -0.3 is 14.8 Å². The zero-order valence-electron chi connectivity index (χ0n) is 18.3. The van der Waals surface area contributed by atoms with Gasteiger partial charge in [0.05, 0.1) is 11.6 Å². The number of rotatable bonds is 11.